The Morgan fingerprint density at radius 1 is 1.12 bits per heavy atom. The van der Waals surface area contributed by atoms with Gasteiger partial charge in [-0.05, 0) is 50.3 Å². The molecule has 0 amide bonds. The fourth-order valence-electron chi connectivity index (χ4n) is 4.34. The standard InChI is InChI=1S/C23H26FN7O/c1-14-8-10-26-23(21(14)24)32-16-6-4-15(5-7-16)31-19-12-20(25-2)27-13-17(19)22(29-31)18-9-11-30(3)28-18/h8-13,15-16H,4-7H2,1-3H3,(H,25,27). The molecule has 4 heterocycles. The van der Waals surface area contributed by atoms with E-state index in [0.29, 0.717) is 5.56 Å². The first-order chi connectivity index (χ1) is 15.5. The van der Waals surface area contributed by atoms with Crippen LogP contribution in [0.2, 0.25) is 0 Å². The lowest BCUT2D eigenvalue weighted by Gasteiger charge is -2.29. The van der Waals surface area contributed by atoms with Gasteiger partial charge in [0.05, 0.1) is 11.6 Å². The molecule has 0 bridgehead atoms. The highest BCUT2D eigenvalue weighted by Crippen LogP contribution is 2.36. The zero-order chi connectivity index (χ0) is 22.2. The van der Waals surface area contributed by atoms with Gasteiger partial charge in [0, 0.05) is 44.1 Å². The van der Waals surface area contributed by atoms with Gasteiger partial charge in [0.15, 0.2) is 5.82 Å². The van der Waals surface area contributed by atoms with Crippen molar-refractivity contribution in [3.05, 3.63) is 48.2 Å². The highest BCUT2D eigenvalue weighted by atomic mass is 19.1. The number of rotatable bonds is 5. The average Bonchev–Trinajstić information content (AvgIpc) is 3.40. The molecule has 1 N–H and O–H groups in total. The maximum Gasteiger partial charge on any atom is 0.250 e. The van der Waals surface area contributed by atoms with E-state index >= 15 is 0 Å². The average molecular weight is 436 g/mol. The number of halogens is 1. The third kappa shape index (κ3) is 3.68. The van der Waals surface area contributed by atoms with Gasteiger partial charge >= 0.3 is 0 Å². The number of aromatic nitrogens is 6. The predicted molar refractivity (Wildman–Crippen MR) is 120 cm³/mol. The Morgan fingerprint density at radius 2 is 1.94 bits per heavy atom. The summed E-state index contributed by atoms with van der Waals surface area (Å²) in [5.74, 6) is 0.518. The third-order valence-corrected chi connectivity index (χ3v) is 6.12. The second kappa shape index (κ2) is 8.22. The normalized spacial score (nSPS) is 18.8. The summed E-state index contributed by atoms with van der Waals surface area (Å²) in [6, 6.07) is 5.86. The minimum atomic E-state index is -0.375. The van der Waals surface area contributed by atoms with Crippen LogP contribution in [0.5, 0.6) is 5.88 Å². The van der Waals surface area contributed by atoms with Crippen LogP contribution in [0, 0.1) is 12.7 Å². The van der Waals surface area contributed by atoms with Crippen molar-refractivity contribution >= 4 is 16.7 Å². The van der Waals surface area contributed by atoms with Gasteiger partial charge < -0.3 is 10.1 Å². The fourth-order valence-corrected chi connectivity index (χ4v) is 4.34. The van der Waals surface area contributed by atoms with Crippen molar-refractivity contribution in [1.82, 2.24) is 29.5 Å². The summed E-state index contributed by atoms with van der Waals surface area (Å²) < 4.78 is 24.1. The Bertz CT molecular complexity index is 1260. The molecular formula is C23H26FN7O. The van der Waals surface area contributed by atoms with Crippen molar-refractivity contribution < 1.29 is 9.13 Å². The monoisotopic (exact) mass is 435 g/mol. The molecule has 0 atom stereocenters. The first-order valence-corrected chi connectivity index (χ1v) is 10.9. The highest BCUT2D eigenvalue weighted by Gasteiger charge is 2.28. The molecule has 32 heavy (non-hydrogen) atoms. The van der Waals surface area contributed by atoms with E-state index in [1.807, 2.05) is 38.6 Å². The summed E-state index contributed by atoms with van der Waals surface area (Å²) in [7, 11) is 3.75. The van der Waals surface area contributed by atoms with Gasteiger partial charge in [0.1, 0.15) is 23.3 Å². The quantitative estimate of drug-likeness (QED) is 0.504. The molecule has 0 aromatic carbocycles. The van der Waals surface area contributed by atoms with E-state index in [0.717, 1.165) is 53.8 Å². The van der Waals surface area contributed by atoms with Crippen molar-refractivity contribution in [2.24, 2.45) is 7.05 Å². The van der Waals surface area contributed by atoms with Crippen molar-refractivity contribution in [2.75, 3.05) is 12.4 Å². The maximum atomic E-state index is 14.3. The van der Waals surface area contributed by atoms with Crippen LogP contribution < -0.4 is 10.1 Å². The lowest BCUT2D eigenvalue weighted by Crippen LogP contribution is -2.27. The second-order valence-corrected chi connectivity index (χ2v) is 8.30. The van der Waals surface area contributed by atoms with Gasteiger partial charge in [-0.3, -0.25) is 9.36 Å². The van der Waals surface area contributed by atoms with Crippen molar-refractivity contribution in [3.63, 3.8) is 0 Å². The molecule has 5 rings (SSSR count). The van der Waals surface area contributed by atoms with E-state index in [-0.39, 0.29) is 23.8 Å². The number of nitrogens with zero attached hydrogens (tertiary/aromatic N) is 6. The molecular weight excluding hydrogens is 409 g/mol. The second-order valence-electron chi connectivity index (χ2n) is 8.30. The van der Waals surface area contributed by atoms with Gasteiger partial charge in [0.2, 0.25) is 0 Å². The van der Waals surface area contributed by atoms with E-state index in [1.165, 1.54) is 0 Å². The summed E-state index contributed by atoms with van der Waals surface area (Å²) in [5, 5.41) is 13.6. The molecule has 1 aliphatic rings. The molecule has 0 radical (unpaired) electrons. The van der Waals surface area contributed by atoms with E-state index < -0.39 is 0 Å². The Labute approximate surface area is 185 Å². The Morgan fingerprint density at radius 3 is 2.66 bits per heavy atom. The number of fused-ring (bicyclic) bond motifs is 1. The van der Waals surface area contributed by atoms with Crippen molar-refractivity contribution in [3.8, 4) is 17.3 Å². The van der Waals surface area contributed by atoms with Crippen LogP contribution in [0.15, 0.2) is 36.8 Å². The van der Waals surface area contributed by atoms with Crippen LogP contribution in [-0.4, -0.2) is 42.7 Å². The molecule has 1 saturated carbocycles. The molecule has 8 nitrogen and oxygen atoms in total. The number of anilines is 1. The molecule has 166 valence electrons. The van der Waals surface area contributed by atoms with Crippen molar-refractivity contribution in [2.45, 2.75) is 44.8 Å². The van der Waals surface area contributed by atoms with Crippen LogP contribution in [0.1, 0.15) is 37.3 Å². The first kappa shape index (κ1) is 20.4. The first-order valence-electron chi connectivity index (χ1n) is 10.9. The smallest absolute Gasteiger partial charge is 0.250 e. The van der Waals surface area contributed by atoms with Crippen LogP contribution in [0.25, 0.3) is 22.3 Å². The molecule has 0 unspecified atom stereocenters. The fraction of sp³-hybridized carbons (Fsp3) is 0.391. The zero-order valence-corrected chi connectivity index (χ0v) is 18.4. The summed E-state index contributed by atoms with van der Waals surface area (Å²) in [4.78, 5) is 8.56. The molecule has 0 saturated heterocycles. The number of aryl methyl sites for hydroxylation is 2. The zero-order valence-electron chi connectivity index (χ0n) is 18.4. The topological polar surface area (TPSA) is 82.7 Å². The number of hydrogen-bond acceptors (Lipinski definition) is 6. The van der Waals surface area contributed by atoms with E-state index in [2.05, 4.69) is 25.1 Å². The number of hydrogen-bond donors (Lipinski definition) is 1. The molecule has 0 spiro atoms. The Kier molecular flexibility index (Phi) is 5.24. The molecule has 0 aliphatic heterocycles. The maximum absolute atomic E-state index is 14.3. The van der Waals surface area contributed by atoms with E-state index in [4.69, 9.17) is 9.84 Å². The Hall–Kier alpha value is -3.49. The predicted octanol–water partition coefficient (Wildman–Crippen LogP) is 4.28. The number of ether oxygens (including phenoxy) is 1. The van der Waals surface area contributed by atoms with E-state index in [1.54, 1.807) is 23.9 Å². The lowest BCUT2D eigenvalue weighted by molar-refractivity contribution is 0.120. The molecule has 1 fully saturated rings. The minimum absolute atomic E-state index is 0.0540. The van der Waals surface area contributed by atoms with Crippen LogP contribution >= 0.6 is 0 Å². The number of pyridine rings is 2. The highest BCUT2D eigenvalue weighted by molar-refractivity contribution is 5.93. The van der Waals surface area contributed by atoms with Crippen LogP contribution in [-0.2, 0) is 7.05 Å². The summed E-state index contributed by atoms with van der Waals surface area (Å²) in [5.41, 5.74) is 3.23. The summed E-state index contributed by atoms with van der Waals surface area (Å²) >= 11 is 0. The number of nitrogens with one attached hydrogen (secondary N) is 1. The molecule has 1 aliphatic carbocycles. The SMILES string of the molecule is CNc1cc2c(cn1)c(-c1ccn(C)n1)nn2C1CCC(Oc2nccc(C)c2F)CC1. The van der Waals surface area contributed by atoms with Gasteiger partial charge in [-0.25, -0.2) is 14.4 Å². The van der Waals surface area contributed by atoms with Gasteiger partial charge in [-0.1, -0.05) is 0 Å². The van der Waals surface area contributed by atoms with Crippen LogP contribution in [0.4, 0.5) is 10.2 Å². The molecule has 4 aromatic heterocycles. The van der Waals surface area contributed by atoms with Crippen molar-refractivity contribution in [1.29, 1.82) is 0 Å². The molecule has 4 aromatic rings. The summed E-state index contributed by atoms with van der Waals surface area (Å²) in [6.45, 7) is 1.72. The summed E-state index contributed by atoms with van der Waals surface area (Å²) in [6.07, 6.45) is 8.69. The molecule has 9 heteroatoms. The minimum Gasteiger partial charge on any atom is -0.472 e. The Balaban J connectivity index is 1.41. The van der Waals surface area contributed by atoms with Crippen LogP contribution in [0.3, 0.4) is 0 Å². The van der Waals surface area contributed by atoms with Gasteiger partial charge in [-0.2, -0.15) is 10.2 Å². The largest absolute Gasteiger partial charge is 0.472 e. The van der Waals surface area contributed by atoms with E-state index in [9.17, 15) is 4.39 Å². The third-order valence-electron chi connectivity index (χ3n) is 6.12. The van der Waals surface area contributed by atoms with Gasteiger partial charge in [0.25, 0.3) is 5.88 Å². The lowest BCUT2D eigenvalue weighted by atomic mass is 9.93. The van der Waals surface area contributed by atoms with Gasteiger partial charge in [-0.15, -0.1) is 0 Å².